The van der Waals surface area contributed by atoms with Gasteiger partial charge in [-0.1, -0.05) is 43.7 Å². The van der Waals surface area contributed by atoms with E-state index in [1.54, 1.807) is 0 Å². The van der Waals surface area contributed by atoms with Crippen molar-refractivity contribution in [2.45, 2.75) is 26.2 Å². The first-order valence-electron chi connectivity index (χ1n) is 9.72. The van der Waals surface area contributed by atoms with Crippen LogP contribution in [0.3, 0.4) is 0 Å². The number of anilines is 1. The van der Waals surface area contributed by atoms with E-state index in [4.69, 9.17) is 0 Å². The zero-order valence-electron chi connectivity index (χ0n) is 16.2. The molecule has 0 aliphatic heterocycles. The topological polar surface area (TPSA) is 79.8 Å². The first-order valence-corrected chi connectivity index (χ1v) is 9.72. The van der Waals surface area contributed by atoms with Crippen molar-refractivity contribution in [2.24, 2.45) is 0 Å². The van der Waals surface area contributed by atoms with Gasteiger partial charge in [0.05, 0.1) is 11.7 Å². The number of nitrogens with one attached hydrogen (secondary N) is 2. The lowest BCUT2D eigenvalue weighted by molar-refractivity contribution is -0.116. The number of carbonyl (C=O) groups excluding carboxylic acids is 1. The number of fused-ring (bicyclic) bond motifs is 1. The SMILES string of the molecule is CCCCC(=O)Nc1ccc(-c2cn(-c3ccccc3)c3nc[nH]c(=O)c23)cc1. The molecule has 6 heteroatoms. The molecule has 0 saturated carbocycles. The Bertz CT molecular complexity index is 1190. The van der Waals surface area contributed by atoms with Crippen LogP contribution < -0.4 is 10.9 Å². The molecule has 2 N–H and O–H groups in total. The summed E-state index contributed by atoms with van der Waals surface area (Å²) in [5.74, 6) is 0.0147. The van der Waals surface area contributed by atoms with Crippen molar-refractivity contribution in [3.05, 3.63) is 77.5 Å². The lowest BCUT2D eigenvalue weighted by Gasteiger charge is -2.06. The molecular weight excluding hydrogens is 364 g/mol. The zero-order chi connectivity index (χ0) is 20.2. The molecule has 2 aromatic heterocycles. The van der Waals surface area contributed by atoms with Crippen LogP contribution in [0, 0.1) is 0 Å². The molecule has 2 heterocycles. The fourth-order valence-electron chi connectivity index (χ4n) is 3.37. The second-order valence-corrected chi connectivity index (χ2v) is 6.91. The average molecular weight is 386 g/mol. The molecule has 0 aliphatic rings. The van der Waals surface area contributed by atoms with Crippen molar-refractivity contribution < 1.29 is 4.79 Å². The number of para-hydroxylation sites is 1. The number of aromatic nitrogens is 3. The summed E-state index contributed by atoms with van der Waals surface area (Å²) < 4.78 is 1.92. The standard InChI is InChI=1S/C23H22N4O2/c1-2-3-9-20(28)26-17-12-10-16(11-13-17)19-14-27(18-7-5-4-6-8-18)22-21(19)23(29)25-15-24-22/h4-8,10-15H,2-3,9H2,1H3,(H,26,28)(H,24,25,29). The van der Waals surface area contributed by atoms with Crippen LogP contribution in [-0.2, 0) is 4.79 Å². The van der Waals surface area contributed by atoms with Gasteiger partial charge in [0.2, 0.25) is 5.91 Å². The van der Waals surface area contributed by atoms with Gasteiger partial charge < -0.3 is 14.9 Å². The Morgan fingerprint density at radius 1 is 1.10 bits per heavy atom. The first-order chi connectivity index (χ1) is 14.2. The van der Waals surface area contributed by atoms with Gasteiger partial charge in [-0.3, -0.25) is 9.59 Å². The minimum absolute atomic E-state index is 0.0147. The minimum Gasteiger partial charge on any atom is -0.326 e. The van der Waals surface area contributed by atoms with Gasteiger partial charge in [0.1, 0.15) is 0 Å². The summed E-state index contributed by atoms with van der Waals surface area (Å²) in [7, 11) is 0. The Labute approximate surface area is 168 Å². The molecule has 0 aliphatic carbocycles. The second kappa shape index (κ2) is 8.14. The van der Waals surface area contributed by atoms with E-state index in [0.717, 1.165) is 35.3 Å². The van der Waals surface area contributed by atoms with Crippen LogP contribution in [0.2, 0.25) is 0 Å². The van der Waals surface area contributed by atoms with Gasteiger partial charge in [-0.2, -0.15) is 0 Å². The third-order valence-corrected chi connectivity index (χ3v) is 4.86. The van der Waals surface area contributed by atoms with E-state index < -0.39 is 0 Å². The second-order valence-electron chi connectivity index (χ2n) is 6.91. The lowest BCUT2D eigenvalue weighted by atomic mass is 10.1. The van der Waals surface area contributed by atoms with Crippen molar-refractivity contribution >= 4 is 22.6 Å². The van der Waals surface area contributed by atoms with Crippen LogP contribution in [0.25, 0.3) is 27.8 Å². The Kier molecular flexibility index (Phi) is 5.24. The lowest BCUT2D eigenvalue weighted by Crippen LogP contribution is -2.10. The summed E-state index contributed by atoms with van der Waals surface area (Å²) in [4.78, 5) is 31.6. The smallest absolute Gasteiger partial charge is 0.260 e. The van der Waals surface area contributed by atoms with E-state index in [-0.39, 0.29) is 11.5 Å². The van der Waals surface area contributed by atoms with E-state index in [0.29, 0.717) is 17.5 Å². The maximum absolute atomic E-state index is 12.6. The van der Waals surface area contributed by atoms with E-state index in [1.807, 2.05) is 65.4 Å². The van der Waals surface area contributed by atoms with Gasteiger partial charge in [0, 0.05) is 29.6 Å². The summed E-state index contributed by atoms with van der Waals surface area (Å²) in [6.07, 6.45) is 5.73. The summed E-state index contributed by atoms with van der Waals surface area (Å²) in [5.41, 5.74) is 3.77. The van der Waals surface area contributed by atoms with Gasteiger partial charge in [0.15, 0.2) is 5.65 Å². The van der Waals surface area contributed by atoms with Crippen LogP contribution in [0.15, 0.2) is 71.9 Å². The van der Waals surface area contributed by atoms with Crippen LogP contribution in [-0.4, -0.2) is 20.4 Å². The monoisotopic (exact) mass is 386 g/mol. The predicted molar refractivity (Wildman–Crippen MR) is 115 cm³/mol. The molecule has 1 amide bonds. The molecule has 146 valence electrons. The molecule has 0 atom stereocenters. The number of unbranched alkanes of at least 4 members (excludes halogenated alkanes) is 1. The normalized spacial score (nSPS) is 10.9. The van der Waals surface area contributed by atoms with Crippen molar-refractivity contribution in [3.63, 3.8) is 0 Å². The van der Waals surface area contributed by atoms with Crippen LogP contribution in [0.5, 0.6) is 0 Å². The molecule has 0 spiro atoms. The zero-order valence-corrected chi connectivity index (χ0v) is 16.2. The highest BCUT2D eigenvalue weighted by molar-refractivity contribution is 5.95. The quantitative estimate of drug-likeness (QED) is 0.512. The number of hydrogen-bond donors (Lipinski definition) is 2. The maximum atomic E-state index is 12.6. The van der Waals surface area contributed by atoms with Crippen LogP contribution in [0.1, 0.15) is 26.2 Å². The van der Waals surface area contributed by atoms with Crippen LogP contribution >= 0.6 is 0 Å². The van der Waals surface area contributed by atoms with Crippen LogP contribution in [0.4, 0.5) is 5.69 Å². The Morgan fingerprint density at radius 3 is 2.59 bits per heavy atom. The number of carbonyl (C=O) groups is 1. The minimum atomic E-state index is -0.184. The molecular formula is C23H22N4O2. The number of nitrogens with zero attached hydrogens (tertiary/aromatic N) is 2. The Morgan fingerprint density at radius 2 is 1.86 bits per heavy atom. The Balaban J connectivity index is 1.73. The highest BCUT2D eigenvalue weighted by Gasteiger charge is 2.15. The van der Waals surface area contributed by atoms with Crippen molar-refractivity contribution in [2.75, 3.05) is 5.32 Å². The van der Waals surface area contributed by atoms with E-state index >= 15 is 0 Å². The highest BCUT2D eigenvalue weighted by Crippen LogP contribution is 2.30. The fraction of sp³-hybridized carbons (Fsp3) is 0.174. The van der Waals surface area contributed by atoms with Gasteiger partial charge in [-0.15, -0.1) is 0 Å². The summed E-state index contributed by atoms with van der Waals surface area (Å²) in [6, 6.07) is 17.3. The summed E-state index contributed by atoms with van der Waals surface area (Å²) in [5, 5.41) is 3.45. The highest BCUT2D eigenvalue weighted by atomic mass is 16.1. The molecule has 0 unspecified atom stereocenters. The number of H-pyrrole nitrogens is 1. The van der Waals surface area contributed by atoms with Gasteiger partial charge >= 0.3 is 0 Å². The molecule has 0 bridgehead atoms. The first kappa shape index (κ1) is 18.7. The number of rotatable bonds is 6. The molecule has 6 nitrogen and oxygen atoms in total. The number of amides is 1. The molecule has 0 fully saturated rings. The largest absolute Gasteiger partial charge is 0.326 e. The third-order valence-electron chi connectivity index (χ3n) is 4.86. The molecule has 29 heavy (non-hydrogen) atoms. The van der Waals surface area contributed by atoms with E-state index in [1.165, 1.54) is 6.33 Å². The molecule has 4 aromatic rings. The molecule has 0 radical (unpaired) electrons. The van der Waals surface area contributed by atoms with Gasteiger partial charge in [-0.25, -0.2) is 4.98 Å². The van der Waals surface area contributed by atoms with E-state index in [9.17, 15) is 9.59 Å². The van der Waals surface area contributed by atoms with Gasteiger partial charge in [-0.05, 0) is 36.2 Å². The van der Waals surface area contributed by atoms with Crippen molar-refractivity contribution in [1.29, 1.82) is 0 Å². The molecule has 2 aromatic carbocycles. The number of aromatic amines is 1. The van der Waals surface area contributed by atoms with Crippen molar-refractivity contribution in [3.8, 4) is 16.8 Å². The van der Waals surface area contributed by atoms with Crippen molar-refractivity contribution in [1.82, 2.24) is 14.5 Å². The molecule has 0 saturated heterocycles. The fourth-order valence-corrected chi connectivity index (χ4v) is 3.37. The third kappa shape index (κ3) is 3.82. The number of benzene rings is 2. The van der Waals surface area contributed by atoms with Gasteiger partial charge in [0.25, 0.3) is 5.56 Å². The predicted octanol–water partition coefficient (Wildman–Crippen LogP) is 4.51. The summed E-state index contributed by atoms with van der Waals surface area (Å²) in [6.45, 7) is 2.06. The Hall–Kier alpha value is -3.67. The average Bonchev–Trinajstić information content (AvgIpc) is 3.14. The van der Waals surface area contributed by atoms with E-state index in [2.05, 4.69) is 22.2 Å². The summed E-state index contributed by atoms with van der Waals surface area (Å²) >= 11 is 0. The maximum Gasteiger partial charge on any atom is 0.260 e. The molecule has 4 rings (SSSR count). The number of hydrogen-bond acceptors (Lipinski definition) is 3.